The van der Waals surface area contributed by atoms with Crippen LogP contribution in [0.4, 0.5) is 0 Å². The lowest BCUT2D eigenvalue weighted by molar-refractivity contribution is -0.112. The Hall–Kier alpha value is -2.63. The summed E-state index contributed by atoms with van der Waals surface area (Å²) < 4.78 is 7.45. The van der Waals surface area contributed by atoms with E-state index < -0.39 is 0 Å². The lowest BCUT2D eigenvalue weighted by Gasteiger charge is -2.21. The molecule has 2 heterocycles. The van der Waals surface area contributed by atoms with Gasteiger partial charge in [0.1, 0.15) is 10.3 Å². The average Bonchev–Trinajstić information content (AvgIpc) is 3.17. The number of methoxy groups -OCH3 is 1. The third kappa shape index (κ3) is 4.07. The number of rotatable bonds is 5. The number of carbonyl (C=O) groups is 1. The van der Waals surface area contributed by atoms with Crippen LogP contribution in [-0.2, 0) is 11.8 Å². The molecular weight excluding hydrogens is 434 g/mol. The molecule has 3 aromatic carbocycles. The molecule has 1 aliphatic rings. The second-order valence-electron chi connectivity index (χ2n) is 7.99. The molecule has 5 heteroatoms. The number of benzene rings is 3. The lowest BCUT2D eigenvalue weighted by atomic mass is 9.96. The van der Waals surface area contributed by atoms with Gasteiger partial charge in [-0.25, -0.2) is 0 Å². The van der Waals surface area contributed by atoms with Crippen LogP contribution in [0, 0.1) is 0 Å². The number of ether oxygens (including phenoxy) is 1. The van der Waals surface area contributed by atoms with Gasteiger partial charge in [0.15, 0.2) is 5.78 Å². The predicted molar refractivity (Wildman–Crippen MR) is 140 cm³/mol. The molecule has 4 aromatic rings. The van der Waals surface area contributed by atoms with Gasteiger partial charge in [-0.3, -0.25) is 4.79 Å². The molecule has 0 unspecified atom stereocenters. The maximum absolute atomic E-state index is 13.7. The molecule has 1 aliphatic heterocycles. The van der Waals surface area contributed by atoms with Crippen LogP contribution in [0.2, 0.25) is 0 Å². The van der Waals surface area contributed by atoms with Crippen molar-refractivity contribution in [2.75, 3.05) is 18.6 Å². The number of thioether (sulfide) groups is 2. The standard InChI is InChI=1S/C27H25NO2S2/c1-28-17-21(23-6-3-4-7-25(23)28)16-24(26(29)27-31-12-5-13-32-27)20-9-8-19-15-22(30-2)11-10-18(19)14-20/h3-4,6-11,14-17,27H,5,12-13H2,1-2H3. The summed E-state index contributed by atoms with van der Waals surface area (Å²) in [6.07, 6.45) is 5.37. The number of fused-ring (bicyclic) bond motifs is 2. The summed E-state index contributed by atoms with van der Waals surface area (Å²) in [6, 6.07) is 20.7. The number of nitrogens with zero attached hydrogens (tertiary/aromatic N) is 1. The van der Waals surface area contributed by atoms with Crippen LogP contribution in [0.15, 0.2) is 66.9 Å². The zero-order chi connectivity index (χ0) is 22.1. The molecular formula is C27H25NO2S2. The minimum absolute atomic E-state index is 0.0449. The molecule has 0 bridgehead atoms. The quantitative estimate of drug-likeness (QED) is 0.313. The molecule has 1 aromatic heterocycles. The Morgan fingerprint density at radius 1 is 1.03 bits per heavy atom. The molecule has 3 nitrogen and oxygen atoms in total. The van der Waals surface area contributed by atoms with Crippen LogP contribution in [0.3, 0.4) is 0 Å². The molecule has 5 rings (SSSR count). The zero-order valence-electron chi connectivity index (χ0n) is 18.2. The van der Waals surface area contributed by atoms with Crippen molar-refractivity contribution >= 4 is 62.6 Å². The number of aryl methyl sites for hydroxylation is 1. The summed E-state index contributed by atoms with van der Waals surface area (Å²) in [6.45, 7) is 0. The summed E-state index contributed by atoms with van der Waals surface area (Å²) in [4.78, 5) is 13.7. The average molecular weight is 460 g/mol. The zero-order valence-corrected chi connectivity index (χ0v) is 19.8. The van der Waals surface area contributed by atoms with Gasteiger partial charge in [0, 0.05) is 35.3 Å². The number of carbonyl (C=O) groups excluding carboxylic acids is 1. The van der Waals surface area contributed by atoms with Gasteiger partial charge in [-0.15, -0.1) is 23.5 Å². The fourth-order valence-corrected chi connectivity index (χ4v) is 6.98. The van der Waals surface area contributed by atoms with E-state index in [-0.39, 0.29) is 10.4 Å². The Labute approximate surface area is 196 Å². The number of ketones is 1. The van der Waals surface area contributed by atoms with Crippen molar-refractivity contribution in [3.8, 4) is 5.75 Å². The summed E-state index contributed by atoms with van der Waals surface area (Å²) in [5, 5.41) is 3.37. The Kier molecular flexibility index (Phi) is 6.03. The fraction of sp³-hybridized carbons (Fsp3) is 0.222. The highest BCUT2D eigenvalue weighted by molar-refractivity contribution is 8.18. The van der Waals surface area contributed by atoms with Crippen molar-refractivity contribution < 1.29 is 9.53 Å². The molecule has 1 saturated heterocycles. The molecule has 0 N–H and O–H groups in total. The number of hydrogen-bond acceptors (Lipinski definition) is 4. The van der Waals surface area contributed by atoms with Crippen molar-refractivity contribution in [1.29, 1.82) is 0 Å². The van der Waals surface area contributed by atoms with Crippen LogP contribution in [0.5, 0.6) is 5.75 Å². The first-order valence-electron chi connectivity index (χ1n) is 10.8. The van der Waals surface area contributed by atoms with Gasteiger partial charge in [-0.05, 0) is 64.6 Å². The van der Waals surface area contributed by atoms with Crippen LogP contribution >= 0.6 is 23.5 Å². The largest absolute Gasteiger partial charge is 0.497 e. The van der Waals surface area contributed by atoms with E-state index in [9.17, 15) is 4.79 Å². The Bertz CT molecular complexity index is 1330. The van der Waals surface area contributed by atoms with Gasteiger partial charge in [-0.2, -0.15) is 0 Å². The highest BCUT2D eigenvalue weighted by atomic mass is 32.2. The second-order valence-corrected chi connectivity index (χ2v) is 10.7. The number of Topliss-reactive ketones (excluding diaryl/α,β-unsaturated/α-hetero) is 1. The lowest BCUT2D eigenvalue weighted by Crippen LogP contribution is -2.19. The molecule has 0 spiro atoms. The minimum atomic E-state index is -0.0449. The van der Waals surface area contributed by atoms with Crippen LogP contribution < -0.4 is 4.74 Å². The SMILES string of the molecule is COc1ccc2cc(C(=Cc3cn(C)c4ccccc34)C(=O)C3SCCCS3)ccc2c1. The Morgan fingerprint density at radius 3 is 2.59 bits per heavy atom. The highest BCUT2D eigenvalue weighted by Gasteiger charge is 2.26. The van der Waals surface area contributed by atoms with Crippen molar-refractivity contribution in [3.63, 3.8) is 0 Å². The third-order valence-corrected chi connectivity index (χ3v) is 8.79. The van der Waals surface area contributed by atoms with Crippen LogP contribution in [0.1, 0.15) is 17.5 Å². The summed E-state index contributed by atoms with van der Waals surface area (Å²) in [5.74, 6) is 3.13. The van der Waals surface area contributed by atoms with Gasteiger partial charge in [-0.1, -0.05) is 36.4 Å². The second kappa shape index (κ2) is 9.08. The molecule has 1 fully saturated rings. The van der Waals surface area contributed by atoms with E-state index in [0.717, 1.165) is 55.6 Å². The van der Waals surface area contributed by atoms with E-state index in [1.54, 1.807) is 30.6 Å². The molecule has 0 atom stereocenters. The Balaban J connectivity index is 1.65. The number of hydrogen-bond donors (Lipinski definition) is 0. The minimum Gasteiger partial charge on any atom is -0.497 e. The highest BCUT2D eigenvalue weighted by Crippen LogP contribution is 2.37. The topological polar surface area (TPSA) is 31.2 Å². The van der Waals surface area contributed by atoms with Crippen molar-refractivity contribution in [2.45, 2.75) is 11.0 Å². The van der Waals surface area contributed by atoms with Gasteiger partial charge in [0.25, 0.3) is 0 Å². The predicted octanol–water partition coefficient (Wildman–Crippen LogP) is 6.65. The van der Waals surface area contributed by atoms with E-state index in [1.165, 1.54) is 6.42 Å². The van der Waals surface area contributed by atoms with E-state index in [2.05, 4.69) is 72.4 Å². The molecule has 0 amide bonds. The molecule has 0 aliphatic carbocycles. The maximum atomic E-state index is 13.7. The third-order valence-electron chi connectivity index (χ3n) is 5.89. The van der Waals surface area contributed by atoms with E-state index in [0.29, 0.717) is 0 Å². The number of aromatic nitrogens is 1. The van der Waals surface area contributed by atoms with E-state index >= 15 is 0 Å². The number of allylic oxidation sites excluding steroid dienone is 1. The number of para-hydroxylation sites is 1. The van der Waals surface area contributed by atoms with Crippen molar-refractivity contribution in [3.05, 3.63) is 78.0 Å². The molecule has 0 radical (unpaired) electrons. The summed E-state index contributed by atoms with van der Waals surface area (Å²) in [7, 11) is 3.73. The van der Waals surface area contributed by atoms with Crippen molar-refractivity contribution in [2.24, 2.45) is 7.05 Å². The van der Waals surface area contributed by atoms with Crippen molar-refractivity contribution in [1.82, 2.24) is 4.57 Å². The van der Waals surface area contributed by atoms with Crippen LogP contribution in [-0.4, -0.2) is 33.5 Å². The molecule has 162 valence electrons. The van der Waals surface area contributed by atoms with Gasteiger partial charge in [0.05, 0.1) is 7.11 Å². The van der Waals surface area contributed by atoms with Gasteiger partial charge in [0.2, 0.25) is 0 Å². The monoisotopic (exact) mass is 459 g/mol. The first-order valence-corrected chi connectivity index (χ1v) is 12.8. The normalized spacial score (nSPS) is 15.4. The van der Waals surface area contributed by atoms with Crippen LogP contribution in [0.25, 0.3) is 33.3 Å². The fourth-order valence-electron chi connectivity index (χ4n) is 4.22. The van der Waals surface area contributed by atoms with Gasteiger partial charge >= 0.3 is 0 Å². The summed E-state index contributed by atoms with van der Waals surface area (Å²) >= 11 is 3.55. The van der Waals surface area contributed by atoms with E-state index in [4.69, 9.17) is 4.74 Å². The first-order chi connectivity index (χ1) is 15.6. The van der Waals surface area contributed by atoms with E-state index in [1.807, 2.05) is 12.1 Å². The smallest absolute Gasteiger partial charge is 0.186 e. The molecule has 32 heavy (non-hydrogen) atoms. The molecule has 0 saturated carbocycles. The maximum Gasteiger partial charge on any atom is 0.186 e. The first kappa shape index (κ1) is 21.2. The van der Waals surface area contributed by atoms with Gasteiger partial charge < -0.3 is 9.30 Å². The summed E-state index contributed by atoms with van der Waals surface area (Å²) in [5.41, 5.74) is 3.99. The Morgan fingerprint density at radius 2 is 1.78 bits per heavy atom.